The van der Waals surface area contributed by atoms with E-state index in [-0.39, 0.29) is 35.7 Å². The van der Waals surface area contributed by atoms with Crippen molar-refractivity contribution in [1.82, 2.24) is 0 Å². The first-order valence-electron chi connectivity index (χ1n) is 11.3. The van der Waals surface area contributed by atoms with Gasteiger partial charge in [0, 0.05) is 19.4 Å². The van der Waals surface area contributed by atoms with Crippen LogP contribution in [0.2, 0.25) is 0 Å². The normalized spacial score (nSPS) is 19.3. The highest BCUT2D eigenvalue weighted by Gasteiger charge is 2.36. The number of carbonyl (C=O) groups is 2. The lowest BCUT2D eigenvalue weighted by Gasteiger charge is -2.38. The van der Waals surface area contributed by atoms with Crippen molar-refractivity contribution in [2.24, 2.45) is 5.92 Å². The van der Waals surface area contributed by atoms with Crippen molar-refractivity contribution < 1.29 is 27.8 Å². The molecule has 4 rings (SSSR count). The van der Waals surface area contributed by atoms with Gasteiger partial charge in [0.15, 0.2) is 0 Å². The van der Waals surface area contributed by atoms with E-state index >= 15 is 0 Å². The molecule has 0 aromatic heterocycles. The molecule has 4 nitrogen and oxygen atoms in total. The molecule has 0 saturated heterocycles. The molecule has 0 heterocycles. The summed E-state index contributed by atoms with van der Waals surface area (Å²) < 4.78 is 39.6. The number of halogens is 2. The minimum atomic E-state index is -0.572. The van der Waals surface area contributed by atoms with E-state index in [2.05, 4.69) is 6.92 Å². The Morgan fingerprint density at radius 1 is 0.882 bits per heavy atom. The average molecular weight is 465 g/mol. The fourth-order valence-electron chi connectivity index (χ4n) is 4.93. The van der Waals surface area contributed by atoms with E-state index in [1.54, 1.807) is 18.2 Å². The van der Waals surface area contributed by atoms with E-state index < -0.39 is 17.6 Å². The highest BCUT2D eigenvalue weighted by atomic mass is 19.1. The smallest absolute Gasteiger partial charge is 0.308 e. The maximum absolute atomic E-state index is 14.6. The highest BCUT2D eigenvalue weighted by Crippen LogP contribution is 2.47. The molecule has 1 aliphatic rings. The lowest BCUT2D eigenvalue weighted by molar-refractivity contribution is -0.132. The van der Waals surface area contributed by atoms with Crippen molar-refractivity contribution >= 4 is 11.9 Å². The third kappa shape index (κ3) is 5.01. The van der Waals surface area contributed by atoms with E-state index in [1.807, 2.05) is 24.3 Å². The van der Waals surface area contributed by atoms with Gasteiger partial charge in [-0.15, -0.1) is 0 Å². The maximum Gasteiger partial charge on any atom is 0.308 e. The number of ether oxygens (including phenoxy) is 2. The third-order valence-corrected chi connectivity index (χ3v) is 6.54. The standard InChI is InChI=1S/C28H26F2O4/c1-16-23(19-7-10-21(11-8-19)33-17(2)31)13-20-9-12-22(34-18(3)32)14-25(20)24(16)15-26-27(29)5-4-6-28(26)30/h4-12,14,16,23-24H,13,15H2,1-3H3. The van der Waals surface area contributed by atoms with Gasteiger partial charge in [-0.1, -0.05) is 31.2 Å². The SMILES string of the molecule is CC(=O)Oc1ccc(C2Cc3ccc(OC(C)=O)cc3C(Cc3c(F)cccc3F)C2C)cc1. The molecule has 6 heteroatoms. The van der Waals surface area contributed by atoms with Crippen LogP contribution >= 0.6 is 0 Å². The number of fused-ring (bicyclic) bond motifs is 1. The quantitative estimate of drug-likeness (QED) is 0.337. The number of carbonyl (C=O) groups excluding carboxylic acids is 2. The van der Waals surface area contributed by atoms with Crippen molar-refractivity contribution in [1.29, 1.82) is 0 Å². The molecule has 0 spiro atoms. The van der Waals surface area contributed by atoms with E-state index in [0.29, 0.717) is 11.5 Å². The second-order valence-corrected chi connectivity index (χ2v) is 8.80. The zero-order valence-corrected chi connectivity index (χ0v) is 19.3. The summed E-state index contributed by atoms with van der Waals surface area (Å²) in [6.45, 7) is 4.77. The molecule has 3 unspecified atom stereocenters. The van der Waals surface area contributed by atoms with Gasteiger partial charge in [0.05, 0.1) is 0 Å². The van der Waals surface area contributed by atoms with Crippen LogP contribution in [0.1, 0.15) is 54.9 Å². The Hall–Kier alpha value is -3.54. The molecule has 0 fully saturated rings. The molecule has 0 saturated carbocycles. The first kappa shape index (κ1) is 23.6. The predicted octanol–water partition coefficient (Wildman–Crippen LogP) is 6.12. The predicted molar refractivity (Wildman–Crippen MR) is 124 cm³/mol. The van der Waals surface area contributed by atoms with Gasteiger partial charge in [-0.3, -0.25) is 9.59 Å². The molecule has 3 aromatic rings. The zero-order chi connectivity index (χ0) is 24.4. The topological polar surface area (TPSA) is 52.6 Å². The first-order valence-corrected chi connectivity index (χ1v) is 11.3. The van der Waals surface area contributed by atoms with Gasteiger partial charge >= 0.3 is 11.9 Å². The molecule has 34 heavy (non-hydrogen) atoms. The van der Waals surface area contributed by atoms with Crippen molar-refractivity contribution in [2.75, 3.05) is 0 Å². The van der Waals surface area contributed by atoms with Gasteiger partial charge in [0.1, 0.15) is 23.1 Å². The molecular formula is C28H26F2O4. The Morgan fingerprint density at radius 3 is 2.09 bits per heavy atom. The highest BCUT2D eigenvalue weighted by molar-refractivity contribution is 5.70. The summed E-state index contributed by atoms with van der Waals surface area (Å²) in [4.78, 5) is 22.7. The van der Waals surface area contributed by atoms with Crippen LogP contribution in [0.25, 0.3) is 0 Å². The van der Waals surface area contributed by atoms with Crippen LogP contribution in [0.3, 0.4) is 0 Å². The lowest BCUT2D eigenvalue weighted by atomic mass is 9.66. The van der Waals surface area contributed by atoms with Crippen molar-refractivity contribution in [3.63, 3.8) is 0 Å². The molecular weight excluding hydrogens is 438 g/mol. The van der Waals surface area contributed by atoms with Gasteiger partial charge < -0.3 is 9.47 Å². The zero-order valence-electron chi connectivity index (χ0n) is 19.3. The van der Waals surface area contributed by atoms with Crippen molar-refractivity contribution in [3.05, 3.63) is 94.6 Å². The van der Waals surface area contributed by atoms with Gasteiger partial charge in [-0.05, 0) is 83.7 Å². The molecule has 0 radical (unpaired) electrons. The summed E-state index contributed by atoms with van der Waals surface area (Å²) in [5, 5.41) is 0. The summed E-state index contributed by atoms with van der Waals surface area (Å²) in [6, 6.07) is 16.8. The molecule has 1 aliphatic carbocycles. The number of benzene rings is 3. The molecule has 0 bridgehead atoms. The Bertz CT molecular complexity index is 1200. The number of rotatable bonds is 5. The fraction of sp³-hybridized carbons (Fsp3) is 0.286. The van der Waals surface area contributed by atoms with E-state index in [9.17, 15) is 18.4 Å². The maximum atomic E-state index is 14.6. The van der Waals surface area contributed by atoms with E-state index in [4.69, 9.17) is 9.47 Å². The van der Waals surface area contributed by atoms with Crippen LogP contribution in [0.5, 0.6) is 11.5 Å². The van der Waals surface area contributed by atoms with Crippen LogP contribution in [-0.2, 0) is 22.4 Å². The molecule has 0 aliphatic heterocycles. The second kappa shape index (κ2) is 9.75. The number of esters is 2. The van der Waals surface area contributed by atoms with E-state index in [1.165, 1.54) is 32.0 Å². The summed E-state index contributed by atoms with van der Waals surface area (Å²) in [7, 11) is 0. The van der Waals surface area contributed by atoms with Crippen molar-refractivity contribution in [3.8, 4) is 11.5 Å². The van der Waals surface area contributed by atoms with E-state index in [0.717, 1.165) is 23.1 Å². The van der Waals surface area contributed by atoms with Crippen LogP contribution in [-0.4, -0.2) is 11.9 Å². The monoisotopic (exact) mass is 464 g/mol. The molecule has 176 valence electrons. The second-order valence-electron chi connectivity index (χ2n) is 8.80. The van der Waals surface area contributed by atoms with Crippen molar-refractivity contribution in [2.45, 2.75) is 45.4 Å². The van der Waals surface area contributed by atoms with Crippen LogP contribution < -0.4 is 9.47 Å². The Labute approximate surface area is 197 Å². The largest absolute Gasteiger partial charge is 0.427 e. The Balaban J connectivity index is 1.74. The summed E-state index contributed by atoms with van der Waals surface area (Å²) in [5.41, 5.74) is 3.08. The molecule has 3 aromatic carbocycles. The minimum Gasteiger partial charge on any atom is -0.427 e. The molecule has 0 N–H and O–H groups in total. The first-order chi connectivity index (χ1) is 16.2. The number of hydrogen-bond acceptors (Lipinski definition) is 4. The lowest BCUT2D eigenvalue weighted by Crippen LogP contribution is -2.28. The third-order valence-electron chi connectivity index (χ3n) is 6.54. The van der Waals surface area contributed by atoms with Crippen LogP contribution in [0.15, 0.2) is 60.7 Å². The summed E-state index contributed by atoms with van der Waals surface area (Å²) in [6.07, 6.45) is 0.901. The van der Waals surface area contributed by atoms with Gasteiger partial charge in [-0.2, -0.15) is 0 Å². The van der Waals surface area contributed by atoms with Gasteiger partial charge in [0.25, 0.3) is 0 Å². The van der Waals surface area contributed by atoms with Crippen LogP contribution in [0, 0.1) is 17.6 Å². The average Bonchev–Trinajstić information content (AvgIpc) is 2.77. The Morgan fingerprint density at radius 2 is 1.47 bits per heavy atom. The Kier molecular flexibility index (Phi) is 6.77. The number of hydrogen-bond donors (Lipinski definition) is 0. The molecule has 0 amide bonds. The molecule has 3 atom stereocenters. The fourth-order valence-corrected chi connectivity index (χ4v) is 4.93. The minimum absolute atomic E-state index is 0.0265. The van der Waals surface area contributed by atoms with Gasteiger partial charge in [-0.25, -0.2) is 8.78 Å². The summed E-state index contributed by atoms with van der Waals surface area (Å²) >= 11 is 0. The van der Waals surface area contributed by atoms with Gasteiger partial charge in [0.2, 0.25) is 0 Å². The van der Waals surface area contributed by atoms with Crippen LogP contribution in [0.4, 0.5) is 8.78 Å². The summed E-state index contributed by atoms with van der Waals surface area (Å²) in [5.74, 6) is -1.16.